The van der Waals surface area contributed by atoms with Crippen LogP contribution < -0.4 is 0 Å². The zero-order valence-electron chi connectivity index (χ0n) is 15.1. The largest absolute Gasteiger partial charge is 0.376 e. The number of benzene rings is 2. The van der Waals surface area contributed by atoms with Gasteiger partial charge in [-0.1, -0.05) is 18.2 Å². The monoisotopic (exact) mass is 348 g/mol. The molecule has 4 nitrogen and oxygen atoms in total. The van der Waals surface area contributed by atoms with Crippen LogP contribution in [0.4, 0.5) is 0 Å². The summed E-state index contributed by atoms with van der Waals surface area (Å²) in [5, 5.41) is 1.17. The molecule has 1 aliphatic rings. The minimum absolute atomic E-state index is 0.0451. The molecule has 26 heavy (non-hydrogen) atoms. The van der Waals surface area contributed by atoms with E-state index < -0.39 is 0 Å². The van der Waals surface area contributed by atoms with Gasteiger partial charge in [0.25, 0.3) is 5.91 Å². The minimum atomic E-state index is 0.0451. The number of fused-ring (bicyclic) bond motifs is 1. The van der Waals surface area contributed by atoms with Crippen LogP contribution in [0.5, 0.6) is 0 Å². The van der Waals surface area contributed by atoms with Crippen LogP contribution in [0.25, 0.3) is 22.0 Å². The number of ether oxygens (including phenoxy) is 1. The minimum Gasteiger partial charge on any atom is -0.376 e. The van der Waals surface area contributed by atoms with Crippen LogP contribution in [-0.4, -0.2) is 42.1 Å². The Labute approximate surface area is 153 Å². The topological polar surface area (TPSA) is 45.3 Å². The Bertz CT molecular complexity index is 909. The van der Waals surface area contributed by atoms with Gasteiger partial charge in [-0.05, 0) is 66.1 Å². The SMILES string of the molecule is CN(C[C@H]1CCCCO1)C(=O)c1cccc(-c2ccc3[nH]ccc3c2)c1. The lowest BCUT2D eigenvalue weighted by molar-refractivity contribution is -0.000186. The van der Waals surface area contributed by atoms with Crippen molar-refractivity contribution in [1.29, 1.82) is 0 Å². The second-order valence-electron chi connectivity index (χ2n) is 7.03. The molecule has 0 unspecified atom stereocenters. The number of aromatic nitrogens is 1. The fraction of sp³-hybridized carbons (Fsp3) is 0.318. The van der Waals surface area contributed by atoms with Crippen LogP contribution in [0, 0.1) is 0 Å². The number of hydrogen-bond donors (Lipinski definition) is 1. The van der Waals surface area contributed by atoms with Gasteiger partial charge in [-0.25, -0.2) is 0 Å². The van der Waals surface area contributed by atoms with E-state index in [1.165, 1.54) is 11.8 Å². The highest BCUT2D eigenvalue weighted by Crippen LogP contribution is 2.25. The molecule has 1 aromatic heterocycles. The van der Waals surface area contributed by atoms with E-state index in [1.807, 2.05) is 31.4 Å². The fourth-order valence-corrected chi connectivity index (χ4v) is 3.62. The van der Waals surface area contributed by atoms with Crippen LogP contribution in [0.2, 0.25) is 0 Å². The number of H-pyrrole nitrogens is 1. The number of likely N-dealkylation sites (N-methyl/N-ethyl adjacent to an activating group) is 1. The van der Waals surface area contributed by atoms with Crippen molar-refractivity contribution in [3.63, 3.8) is 0 Å². The van der Waals surface area contributed by atoms with Crippen molar-refractivity contribution in [3.8, 4) is 11.1 Å². The Hall–Kier alpha value is -2.59. The average Bonchev–Trinajstić information content (AvgIpc) is 3.16. The molecule has 1 amide bonds. The molecule has 1 fully saturated rings. The fourth-order valence-electron chi connectivity index (χ4n) is 3.62. The second-order valence-corrected chi connectivity index (χ2v) is 7.03. The van der Waals surface area contributed by atoms with E-state index in [1.54, 1.807) is 4.90 Å². The van der Waals surface area contributed by atoms with E-state index in [4.69, 9.17) is 4.74 Å². The number of aromatic amines is 1. The van der Waals surface area contributed by atoms with Gasteiger partial charge in [0.05, 0.1) is 6.10 Å². The smallest absolute Gasteiger partial charge is 0.253 e. The maximum Gasteiger partial charge on any atom is 0.253 e. The molecule has 0 aliphatic carbocycles. The molecule has 134 valence electrons. The van der Waals surface area contributed by atoms with Crippen molar-refractivity contribution in [1.82, 2.24) is 9.88 Å². The third-order valence-corrected chi connectivity index (χ3v) is 5.09. The molecule has 3 aromatic rings. The van der Waals surface area contributed by atoms with Crippen molar-refractivity contribution in [3.05, 3.63) is 60.3 Å². The van der Waals surface area contributed by atoms with Gasteiger partial charge < -0.3 is 14.6 Å². The lowest BCUT2D eigenvalue weighted by atomic mass is 10.0. The van der Waals surface area contributed by atoms with Crippen molar-refractivity contribution in [2.75, 3.05) is 20.2 Å². The standard InChI is InChI=1S/C22H24N2O2/c1-24(15-20-7-2-3-12-26-20)22(25)19-6-4-5-16(14-19)17-8-9-21-18(13-17)10-11-23-21/h4-6,8-11,13-14,20,23H,2-3,7,12,15H2,1H3/t20-/m1/s1. The number of hydrogen-bond acceptors (Lipinski definition) is 2. The Morgan fingerprint density at radius 1 is 1.15 bits per heavy atom. The summed E-state index contributed by atoms with van der Waals surface area (Å²) >= 11 is 0. The zero-order chi connectivity index (χ0) is 17.9. The number of amides is 1. The first kappa shape index (κ1) is 16.9. The summed E-state index contributed by atoms with van der Waals surface area (Å²) < 4.78 is 5.76. The second kappa shape index (κ2) is 7.34. The summed E-state index contributed by atoms with van der Waals surface area (Å²) in [5.74, 6) is 0.0451. The summed E-state index contributed by atoms with van der Waals surface area (Å²) in [6.07, 6.45) is 5.45. The van der Waals surface area contributed by atoms with E-state index in [9.17, 15) is 4.79 Å². The van der Waals surface area contributed by atoms with Crippen LogP contribution in [0.15, 0.2) is 54.7 Å². The maximum absolute atomic E-state index is 12.8. The summed E-state index contributed by atoms with van der Waals surface area (Å²) in [7, 11) is 1.86. The van der Waals surface area contributed by atoms with Crippen molar-refractivity contribution in [2.45, 2.75) is 25.4 Å². The highest BCUT2D eigenvalue weighted by Gasteiger charge is 2.20. The van der Waals surface area contributed by atoms with E-state index in [0.717, 1.165) is 41.7 Å². The van der Waals surface area contributed by atoms with Crippen LogP contribution in [-0.2, 0) is 4.74 Å². The van der Waals surface area contributed by atoms with Gasteiger partial charge in [0.2, 0.25) is 0 Å². The van der Waals surface area contributed by atoms with Gasteiger partial charge in [0, 0.05) is 37.5 Å². The first-order valence-electron chi connectivity index (χ1n) is 9.25. The van der Waals surface area contributed by atoms with Gasteiger partial charge in [-0.2, -0.15) is 0 Å². The molecule has 1 atom stereocenters. The first-order valence-corrected chi connectivity index (χ1v) is 9.25. The van der Waals surface area contributed by atoms with Gasteiger partial charge >= 0.3 is 0 Å². The van der Waals surface area contributed by atoms with Gasteiger partial charge in [0.1, 0.15) is 0 Å². The molecule has 0 saturated carbocycles. The molecule has 0 radical (unpaired) electrons. The summed E-state index contributed by atoms with van der Waals surface area (Å²) in [6.45, 7) is 1.46. The number of carbonyl (C=O) groups excluding carboxylic acids is 1. The molecule has 0 spiro atoms. The summed E-state index contributed by atoms with van der Waals surface area (Å²) in [6, 6.07) is 16.2. The van der Waals surface area contributed by atoms with Crippen LogP contribution >= 0.6 is 0 Å². The number of nitrogens with zero attached hydrogens (tertiary/aromatic N) is 1. The summed E-state index contributed by atoms with van der Waals surface area (Å²) in [4.78, 5) is 17.8. The lowest BCUT2D eigenvalue weighted by Crippen LogP contribution is -2.37. The van der Waals surface area contributed by atoms with Crippen molar-refractivity contribution in [2.24, 2.45) is 0 Å². The van der Waals surface area contributed by atoms with Gasteiger partial charge in [-0.3, -0.25) is 4.79 Å². The highest BCUT2D eigenvalue weighted by molar-refractivity contribution is 5.95. The Balaban J connectivity index is 1.53. The van der Waals surface area contributed by atoms with Crippen molar-refractivity contribution >= 4 is 16.8 Å². The number of carbonyl (C=O) groups is 1. The predicted octanol–water partition coefficient (Wildman–Crippen LogP) is 4.48. The van der Waals surface area contributed by atoms with Crippen LogP contribution in [0.3, 0.4) is 0 Å². The summed E-state index contributed by atoms with van der Waals surface area (Å²) in [5.41, 5.74) is 4.01. The van der Waals surface area contributed by atoms with E-state index in [-0.39, 0.29) is 12.0 Å². The normalized spacial score (nSPS) is 17.3. The molecule has 4 heteroatoms. The van der Waals surface area contributed by atoms with Gasteiger partial charge in [0.15, 0.2) is 0 Å². The molecule has 2 heterocycles. The molecule has 1 N–H and O–H groups in total. The van der Waals surface area contributed by atoms with E-state index >= 15 is 0 Å². The van der Waals surface area contributed by atoms with E-state index in [0.29, 0.717) is 6.54 Å². The Morgan fingerprint density at radius 2 is 2.04 bits per heavy atom. The van der Waals surface area contributed by atoms with Gasteiger partial charge in [-0.15, -0.1) is 0 Å². The molecular weight excluding hydrogens is 324 g/mol. The quantitative estimate of drug-likeness (QED) is 0.756. The maximum atomic E-state index is 12.8. The molecular formula is C22H24N2O2. The van der Waals surface area contributed by atoms with Crippen LogP contribution in [0.1, 0.15) is 29.6 Å². The first-order chi connectivity index (χ1) is 12.7. The number of rotatable bonds is 4. The molecule has 2 aromatic carbocycles. The third kappa shape index (κ3) is 3.51. The zero-order valence-corrected chi connectivity index (χ0v) is 15.1. The predicted molar refractivity (Wildman–Crippen MR) is 104 cm³/mol. The third-order valence-electron chi connectivity index (χ3n) is 5.09. The van der Waals surface area contributed by atoms with Crippen molar-refractivity contribution < 1.29 is 9.53 Å². The lowest BCUT2D eigenvalue weighted by Gasteiger charge is -2.27. The molecule has 0 bridgehead atoms. The molecule has 4 rings (SSSR count). The Kier molecular flexibility index (Phi) is 4.76. The average molecular weight is 348 g/mol. The highest BCUT2D eigenvalue weighted by atomic mass is 16.5. The number of nitrogens with one attached hydrogen (secondary N) is 1. The van der Waals surface area contributed by atoms with E-state index in [2.05, 4.69) is 35.3 Å². The molecule has 1 saturated heterocycles. The molecule has 1 aliphatic heterocycles. The Morgan fingerprint density at radius 3 is 2.88 bits per heavy atom.